The van der Waals surface area contributed by atoms with Gasteiger partial charge in [0, 0.05) is 6.61 Å². The maximum Gasteiger partial charge on any atom is 0.0433 e. The third kappa shape index (κ3) is 8.68. The minimum atomic E-state index is 0.339. The van der Waals surface area contributed by atoms with Gasteiger partial charge in [0.25, 0.3) is 0 Å². The first-order valence-corrected chi connectivity index (χ1v) is 8.29. The van der Waals surface area contributed by atoms with Crippen molar-refractivity contribution in [3.63, 3.8) is 0 Å². The SMILES string of the molecule is CC(C)CC(CCC(C)CCO)C(C)(C)CC(C)C. The van der Waals surface area contributed by atoms with Crippen LogP contribution in [0.2, 0.25) is 0 Å². The lowest BCUT2D eigenvalue weighted by molar-refractivity contribution is 0.127. The molecular formula is C18H38O. The molecule has 0 radical (unpaired) electrons. The second-order valence-electron chi connectivity index (χ2n) is 8.11. The Bertz CT molecular complexity index is 218. The largest absolute Gasteiger partial charge is 0.396 e. The Hall–Kier alpha value is -0.0400. The molecule has 1 nitrogen and oxygen atoms in total. The van der Waals surface area contributed by atoms with E-state index in [1.165, 1.54) is 25.7 Å². The third-order valence-electron chi connectivity index (χ3n) is 4.43. The predicted molar refractivity (Wildman–Crippen MR) is 86.3 cm³/mol. The van der Waals surface area contributed by atoms with Gasteiger partial charge in [-0.25, -0.2) is 0 Å². The monoisotopic (exact) mass is 270 g/mol. The smallest absolute Gasteiger partial charge is 0.0433 e. The summed E-state index contributed by atoms with van der Waals surface area (Å²) in [6.07, 6.45) is 6.20. The van der Waals surface area contributed by atoms with Gasteiger partial charge in [-0.15, -0.1) is 0 Å². The fraction of sp³-hybridized carbons (Fsp3) is 1.00. The van der Waals surface area contributed by atoms with Crippen molar-refractivity contribution in [3.05, 3.63) is 0 Å². The highest BCUT2D eigenvalue weighted by molar-refractivity contribution is 4.81. The topological polar surface area (TPSA) is 20.2 Å². The lowest BCUT2D eigenvalue weighted by Gasteiger charge is -2.38. The summed E-state index contributed by atoms with van der Waals surface area (Å²) >= 11 is 0. The summed E-state index contributed by atoms with van der Waals surface area (Å²) in [5.41, 5.74) is 0.442. The molecule has 0 heterocycles. The number of hydrogen-bond donors (Lipinski definition) is 1. The van der Waals surface area contributed by atoms with Crippen LogP contribution in [0.25, 0.3) is 0 Å². The number of aliphatic hydroxyl groups excluding tert-OH is 1. The van der Waals surface area contributed by atoms with Crippen LogP contribution in [0.15, 0.2) is 0 Å². The van der Waals surface area contributed by atoms with Crippen molar-refractivity contribution >= 4 is 0 Å². The molecule has 0 aromatic heterocycles. The third-order valence-corrected chi connectivity index (χ3v) is 4.43. The first-order chi connectivity index (χ1) is 8.69. The molecule has 0 aliphatic heterocycles. The molecule has 0 fully saturated rings. The molecule has 0 saturated carbocycles. The van der Waals surface area contributed by atoms with E-state index in [0.29, 0.717) is 17.9 Å². The standard InChI is InChI=1S/C18H38O/c1-14(2)12-17(9-8-16(5)10-11-19)18(6,7)13-15(3)4/h14-17,19H,8-13H2,1-7H3. The Balaban J connectivity index is 4.52. The highest BCUT2D eigenvalue weighted by atomic mass is 16.3. The first kappa shape index (κ1) is 19.0. The van der Waals surface area contributed by atoms with E-state index >= 15 is 0 Å². The average Bonchev–Trinajstić information content (AvgIpc) is 2.22. The second-order valence-corrected chi connectivity index (χ2v) is 8.11. The lowest BCUT2D eigenvalue weighted by atomic mass is 9.68. The normalized spacial score (nSPS) is 16.1. The van der Waals surface area contributed by atoms with Crippen molar-refractivity contribution in [1.29, 1.82) is 0 Å². The average molecular weight is 271 g/mol. The molecule has 0 spiro atoms. The molecule has 2 atom stereocenters. The minimum absolute atomic E-state index is 0.339. The van der Waals surface area contributed by atoms with Gasteiger partial charge in [0.15, 0.2) is 0 Å². The van der Waals surface area contributed by atoms with Crippen molar-refractivity contribution in [3.8, 4) is 0 Å². The number of hydrogen-bond acceptors (Lipinski definition) is 1. The summed E-state index contributed by atoms with van der Waals surface area (Å²) in [5, 5.41) is 9.03. The van der Waals surface area contributed by atoms with E-state index in [1.54, 1.807) is 0 Å². The molecular weight excluding hydrogens is 232 g/mol. The highest BCUT2D eigenvalue weighted by Gasteiger charge is 2.30. The Morgan fingerprint density at radius 3 is 1.84 bits per heavy atom. The highest BCUT2D eigenvalue weighted by Crippen LogP contribution is 2.40. The maximum absolute atomic E-state index is 9.03. The van der Waals surface area contributed by atoms with Gasteiger partial charge in [-0.1, -0.05) is 54.9 Å². The van der Waals surface area contributed by atoms with Crippen LogP contribution in [0, 0.1) is 29.1 Å². The fourth-order valence-corrected chi connectivity index (χ4v) is 3.47. The quantitative estimate of drug-likeness (QED) is 0.554. The predicted octanol–water partition coefficient (Wildman–Crippen LogP) is 5.52. The Labute approximate surface area is 122 Å². The van der Waals surface area contributed by atoms with Crippen LogP contribution in [0.3, 0.4) is 0 Å². The van der Waals surface area contributed by atoms with E-state index in [9.17, 15) is 0 Å². The van der Waals surface area contributed by atoms with Gasteiger partial charge in [0.1, 0.15) is 0 Å². The lowest BCUT2D eigenvalue weighted by Crippen LogP contribution is -2.27. The number of rotatable bonds is 10. The van der Waals surface area contributed by atoms with Crippen molar-refractivity contribution in [2.75, 3.05) is 6.61 Å². The molecule has 19 heavy (non-hydrogen) atoms. The molecule has 0 rings (SSSR count). The van der Waals surface area contributed by atoms with Crippen molar-refractivity contribution in [2.24, 2.45) is 29.1 Å². The molecule has 1 heteroatoms. The summed E-state index contributed by atoms with van der Waals surface area (Å²) in [6, 6.07) is 0. The van der Waals surface area contributed by atoms with Crippen molar-refractivity contribution < 1.29 is 5.11 Å². The van der Waals surface area contributed by atoms with E-state index in [-0.39, 0.29) is 0 Å². The van der Waals surface area contributed by atoms with E-state index in [1.807, 2.05) is 0 Å². The Morgan fingerprint density at radius 1 is 0.842 bits per heavy atom. The molecule has 2 unspecified atom stereocenters. The zero-order valence-corrected chi connectivity index (χ0v) is 14.5. The van der Waals surface area contributed by atoms with Crippen molar-refractivity contribution in [2.45, 2.75) is 80.6 Å². The molecule has 0 aliphatic carbocycles. The molecule has 0 saturated heterocycles. The Morgan fingerprint density at radius 2 is 1.42 bits per heavy atom. The second kappa shape index (κ2) is 9.00. The zero-order valence-electron chi connectivity index (χ0n) is 14.5. The number of aliphatic hydroxyl groups is 1. The van der Waals surface area contributed by atoms with Gasteiger partial charge in [0.2, 0.25) is 0 Å². The van der Waals surface area contributed by atoms with E-state index in [2.05, 4.69) is 48.5 Å². The Kier molecular flexibility index (Phi) is 8.98. The minimum Gasteiger partial charge on any atom is -0.396 e. The first-order valence-electron chi connectivity index (χ1n) is 8.29. The van der Waals surface area contributed by atoms with Crippen molar-refractivity contribution in [1.82, 2.24) is 0 Å². The molecule has 116 valence electrons. The van der Waals surface area contributed by atoms with E-state index in [0.717, 1.165) is 24.2 Å². The van der Waals surface area contributed by atoms with Gasteiger partial charge in [0.05, 0.1) is 0 Å². The van der Waals surface area contributed by atoms with Gasteiger partial charge in [-0.05, 0) is 54.8 Å². The zero-order chi connectivity index (χ0) is 15.1. The van der Waals surface area contributed by atoms with Gasteiger partial charge >= 0.3 is 0 Å². The molecule has 0 bridgehead atoms. The van der Waals surface area contributed by atoms with Crippen LogP contribution in [-0.4, -0.2) is 11.7 Å². The van der Waals surface area contributed by atoms with Crippen LogP contribution in [0.4, 0.5) is 0 Å². The van der Waals surface area contributed by atoms with E-state index in [4.69, 9.17) is 5.11 Å². The fourth-order valence-electron chi connectivity index (χ4n) is 3.47. The molecule has 1 N–H and O–H groups in total. The summed E-state index contributed by atoms with van der Waals surface area (Å²) in [5.74, 6) is 3.04. The summed E-state index contributed by atoms with van der Waals surface area (Å²) < 4.78 is 0. The summed E-state index contributed by atoms with van der Waals surface area (Å²) in [7, 11) is 0. The summed E-state index contributed by atoms with van der Waals surface area (Å²) in [6.45, 7) is 16.9. The van der Waals surface area contributed by atoms with Gasteiger partial charge in [-0.2, -0.15) is 0 Å². The van der Waals surface area contributed by atoms with Crippen LogP contribution in [0.1, 0.15) is 80.6 Å². The van der Waals surface area contributed by atoms with Crippen LogP contribution >= 0.6 is 0 Å². The van der Waals surface area contributed by atoms with Crippen LogP contribution < -0.4 is 0 Å². The summed E-state index contributed by atoms with van der Waals surface area (Å²) in [4.78, 5) is 0. The molecule has 0 aliphatic rings. The van der Waals surface area contributed by atoms with Crippen LogP contribution in [0.5, 0.6) is 0 Å². The molecule has 0 aromatic carbocycles. The van der Waals surface area contributed by atoms with E-state index < -0.39 is 0 Å². The molecule has 0 aromatic rings. The molecule has 0 amide bonds. The van der Waals surface area contributed by atoms with Gasteiger partial charge < -0.3 is 5.11 Å². The van der Waals surface area contributed by atoms with Gasteiger partial charge in [-0.3, -0.25) is 0 Å². The van der Waals surface area contributed by atoms with Crippen LogP contribution in [-0.2, 0) is 0 Å². The maximum atomic E-state index is 9.03.